The fraction of sp³-hybridized carbons (Fsp3) is 0.455. The van der Waals surface area contributed by atoms with Crippen LogP contribution < -0.4 is 5.32 Å². The molecule has 2 N–H and O–H groups in total. The number of nitrogens with one attached hydrogen (secondary N) is 1. The first-order valence-electron chi connectivity index (χ1n) is 4.65. The van der Waals surface area contributed by atoms with Crippen molar-refractivity contribution in [3.8, 4) is 0 Å². The van der Waals surface area contributed by atoms with Crippen molar-refractivity contribution in [1.29, 1.82) is 0 Å². The summed E-state index contributed by atoms with van der Waals surface area (Å²) in [6.45, 7) is 6.74. The molecule has 0 aromatic carbocycles. The average molecular weight is 179 g/mol. The topological polar surface area (TPSA) is 32.3 Å². The minimum atomic E-state index is 0.220. The van der Waals surface area contributed by atoms with Gasteiger partial charge >= 0.3 is 0 Å². The molecular weight excluding hydrogens is 162 g/mol. The minimum absolute atomic E-state index is 0.220. The lowest BCUT2D eigenvalue weighted by molar-refractivity contribution is 0.255. The molecule has 2 nitrogen and oxygen atoms in total. The Kier molecular flexibility index (Phi) is 3.77. The van der Waals surface area contributed by atoms with Crippen LogP contribution in [0.2, 0.25) is 0 Å². The zero-order valence-corrected chi connectivity index (χ0v) is 8.09. The van der Waals surface area contributed by atoms with Crippen LogP contribution in [-0.2, 0) is 0 Å². The Morgan fingerprint density at radius 3 is 3.00 bits per heavy atom. The molecule has 1 aliphatic heterocycles. The molecule has 0 radical (unpaired) electrons. The lowest BCUT2D eigenvalue weighted by atomic mass is 10.0. The summed E-state index contributed by atoms with van der Waals surface area (Å²) in [4.78, 5) is 0. The summed E-state index contributed by atoms with van der Waals surface area (Å²) in [6, 6.07) is 0. The summed E-state index contributed by atoms with van der Waals surface area (Å²) < 4.78 is 0. The Hall–Kier alpha value is -1.02. The second-order valence-electron chi connectivity index (χ2n) is 3.15. The summed E-state index contributed by atoms with van der Waals surface area (Å²) >= 11 is 0. The molecule has 1 unspecified atom stereocenters. The van der Waals surface area contributed by atoms with Crippen molar-refractivity contribution in [2.75, 3.05) is 13.2 Å². The van der Waals surface area contributed by atoms with Crippen molar-refractivity contribution < 1.29 is 5.11 Å². The standard InChI is InChI=1S/C11H17NO/c1-3-5-6-11-10(4-2)9(8-13)7-12-11/h3-4,6,9,12-13H,1,5,7-8H2,2H3/b10-4-,11-6+. The van der Waals surface area contributed by atoms with E-state index < -0.39 is 0 Å². The highest BCUT2D eigenvalue weighted by Crippen LogP contribution is 2.24. The normalized spacial score (nSPS) is 28.0. The Morgan fingerprint density at radius 2 is 2.46 bits per heavy atom. The van der Waals surface area contributed by atoms with Crippen LogP contribution in [0.25, 0.3) is 0 Å². The van der Waals surface area contributed by atoms with Crippen LogP contribution in [0.3, 0.4) is 0 Å². The van der Waals surface area contributed by atoms with E-state index in [4.69, 9.17) is 5.11 Å². The molecule has 0 saturated carbocycles. The van der Waals surface area contributed by atoms with Crippen molar-refractivity contribution in [2.24, 2.45) is 5.92 Å². The van der Waals surface area contributed by atoms with Gasteiger partial charge in [0.05, 0.1) is 6.61 Å². The van der Waals surface area contributed by atoms with E-state index >= 15 is 0 Å². The predicted molar refractivity (Wildman–Crippen MR) is 55.2 cm³/mol. The van der Waals surface area contributed by atoms with Crippen LogP contribution in [0.1, 0.15) is 13.3 Å². The van der Waals surface area contributed by atoms with Crippen molar-refractivity contribution >= 4 is 0 Å². The third-order valence-electron chi connectivity index (χ3n) is 2.31. The van der Waals surface area contributed by atoms with E-state index in [9.17, 15) is 0 Å². The van der Waals surface area contributed by atoms with E-state index in [1.807, 2.05) is 13.0 Å². The van der Waals surface area contributed by atoms with Gasteiger partial charge in [-0.15, -0.1) is 6.58 Å². The van der Waals surface area contributed by atoms with Gasteiger partial charge in [0.15, 0.2) is 0 Å². The van der Waals surface area contributed by atoms with Gasteiger partial charge in [-0.2, -0.15) is 0 Å². The Balaban J connectivity index is 2.73. The van der Waals surface area contributed by atoms with E-state index in [0.29, 0.717) is 0 Å². The molecule has 1 fully saturated rings. The maximum absolute atomic E-state index is 9.08. The van der Waals surface area contributed by atoms with Crippen LogP contribution in [0.5, 0.6) is 0 Å². The number of aliphatic hydroxyl groups excluding tert-OH is 1. The highest BCUT2D eigenvalue weighted by Gasteiger charge is 2.22. The molecule has 1 aliphatic rings. The lowest BCUT2D eigenvalue weighted by Crippen LogP contribution is -2.11. The van der Waals surface area contributed by atoms with Gasteiger partial charge in [0.25, 0.3) is 0 Å². The Labute approximate surface area is 79.7 Å². The number of rotatable bonds is 3. The minimum Gasteiger partial charge on any atom is -0.396 e. The second-order valence-corrected chi connectivity index (χ2v) is 3.15. The number of aliphatic hydroxyl groups is 1. The molecule has 1 heterocycles. The molecule has 2 heteroatoms. The van der Waals surface area contributed by atoms with Crippen LogP contribution in [-0.4, -0.2) is 18.3 Å². The highest BCUT2D eigenvalue weighted by molar-refractivity contribution is 5.36. The molecule has 1 atom stereocenters. The molecule has 1 saturated heterocycles. The molecule has 13 heavy (non-hydrogen) atoms. The maximum atomic E-state index is 9.08. The number of hydrogen-bond acceptors (Lipinski definition) is 2. The zero-order valence-electron chi connectivity index (χ0n) is 8.09. The summed E-state index contributed by atoms with van der Waals surface area (Å²) in [5.41, 5.74) is 2.38. The van der Waals surface area contributed by atoms with Crippen molar-refractivity contribution in [3.05, 3.63) is 36.1 Å². The number of hydrogen-bond donors (Lipinski definition) is 2. The molecular formula is C11H17NO. The summed E-state index contributed by atoms with van der Waals surface area (Å²) in [7, 11) is 0. The van der Waals surface area contributed by atoms with Gasteiger partial charge in [0.1, 0.15) is 0 Å². The van der Waals surface area contributed by atoms with E-state index in [1.54, 1.807) is 0 Å². The van der Waals surface area contributed by atoms with Crippen molar-refractivity contribution in [3.63, 3.8) is 0 Å². The van der Waals surface area contributed by atoms with Crippen LogP contribution in [0.15, 0.2) is 36.1 Å². The van der Waals surface area contributed by atoms with Gasteiger partial charge in [0, 0.05) is 18.2 Å². The van der Waals surface area contributed by atoms with Crippen LogP contribution >= 0.6 is 0 Å². The van der Waals surface area contributed by atoms with Gasteiger partial charge < -0.3 is 10.4 Å². The molecule has 0 aliphatic carbocycles. The molecule has 0 spiro atoms. The van der Waals surface area contributed by atoms with E-state index in [0.717, 1.165) is 18.7 Å². The molecule has 0 aromatic heterocycles. The fourth-order valence-corrected chi connectivity index (χ4v) is 1.61. The molecule has 0 amide bonds. The fourth-order valence-electron chi connectivity index (χ4n) is 1.61. The Morgan fingerprint density at radius 1 is 1.69 bits per heavy atom. The van der Waals surface area contributed by atoms with Crippen LogP contribution in [0.4, 0.5) is 0 Å². The zero-order chi connectivity index (χ0) is 9.68. The average Bonchev–Trinajstić information content (AvgIpc) is 2.56. The molecule has 1 rings (SSSR count). The summed E-state index contributed by atoms with van der Waals surface area (Å²) in [5, 5.41) is 12.4. The largest absolute Gasteiger partial charge is 0.396 e. The Bertz CT molecular complexity index is 240. The second kappa shape index (κ2) is 4.87. The first-order chi connectivity index (χ1) is 6.33. The highest BCUT2D eigenvalue weighted by atomic mass is 16.3. The molecule has 0 aromatic rings. The SMILES string of the molecule is C=CC/C=C1/NCC(CO)/C1=C/C. The summed E-state index contributed by atoms with van der Waals surface area (Å²) in [6.07, 6.45) is 6.92. The quantitative estimate of drug-likeness (QED) is 0.645. The predicted octanol–water partition coefficient (Wildman–Crippen LogP) is 1.60. The molecule has 72 valence electrons. The molecule has 0 bridgehead atoms. The first-order valence-corrected chi connectivity index (χ1v) is 4.65. The maximum Gasteiger partial charge on any atom is 0.0517 e. The van der Waals surface area contributed by atoms with Gasteiger partial charge in [-0.1, -0.05) is 18.2 Å². The van der Waals surface area contributed by atoms with Gasteiger partial charge in [-0.05, 0) is 18.9 Å². The lowest BCUT2D eigenvalue weighted by Gasteiger charge is -2.05. The van der Waals surface area contributed by atoms with Crippen molar-refractivity contribution in [1.82, 2.24) is 5.32 Å². The third kappa shape index (κ3) is 2.22. The monoisotopic (exact) mass is 179 g/mol. The van der Waals surface area contributed by atoms with Gasteiger partial charge in [0.2, 0.25) is 0 Å². The van der Waals surface area contributed by atoms with Crippen molar-refractivity contribution in [2.45, 2.75) is 13.3 Å². The van der Waals surface area contributed by atoms with Crippen LogP contribution in [0, 0.1) is 5.92 Å². The van der Waals surface area contributed by atoms with E-state index in [-0.39, 0.29) is 12.5 Å². The van der Waals surface area contributed by atoms with E-state index in [2.05, 4.69) is 24.0 Å². The summed E-state index contributed by atoms with van der Waals surface area (Å²) in [5.74, 6) is 0.265. The third-order valence-corrected chi connectivity index (χ3v) is 2.31. The smallest absolute Gasteiger partial charge is 0.0517 e. The van der Waals surface area contributed by atoms with Gasteiger partial charge in [-0.3, -0.25) is 0 Å². The first kappa shape index (κ1) is 10.1. The van der Waals surface area contributed by atoms with E-state index in [1.165, 1.54) is 5.57 Å². The number of allylic oxidation sites excluding steroid dienone is 4. The van der Waals surface area contributed by atoms with Gasteiger partial charge in [-0.25, -0.2) is 0 Å².